The third kappa shape index (κ3) is 5.56. The molecule has 0 fully saturated rings. The van der Waals surface area contributed by atoms with Gasteiger partial charge >= 0.3 is 11.9 Å². The highest BCUT2D eigenvalue weighted by atomic mass is 32.2. The van der Waals surface area contributed by atoms with Crippen molar-refractivity contribution in [2.24, 2.45) is 5.92 Å². The van der Waals surface area contributed by atoms with Crippen LogP contribution in [0.5, 0.6) is 0 Å². The molecule has 1 aromatic carbocycles. The molecule has 0 saturated carbocycles. The molecule has 0 aliphatic rings. The second kappa shape index (κ2) is 9.97. The number of nitrogens with one attached hydrogen (secondary N) is 1. The summed E-state index contributed by atoms with van der Waals surface area (Å²) >= 11 is 1.42. The van der Waals surface area contributed by atoms with Crippen LogP contribution >= 0.6 is 11.8 Å². The van der Waals surface area contributed by atoms with Gasteiger partial charge in [-0.05, 0) is 24.3 Å². The molecule has 132 valence electrons. The highest BCUT2D eigenvalue weighted by Crippen LogP contribution is 2.20. The molecule has 1 N–H and O–H groups in total. The highest BCUT2D eigenvalue weighted by Gasteiger charge is 2.27. The van der Waals surface area contributed by atoms with Gasteiger partial charge in [-0.15, -0.1) is 11.8 Å². The van der Waals surface area contributed by atoms with Crippen LogP contribution in [-0.2, 0) is 19.1 Å². The number of hydrogen-bond donors (Lipinski definition) is 1. The summed E-state index contributed by atoms with van der Waals surface area (Å²) in [6, 6.07) is 6.24. The fourth-order valence-corrected chi connectivity index (χ4v) is 2.62. The largest absolute Gasteiger partial charge is 0.467 e. The maximum Gasteiger partial charge on any atom is 0.339 e. The molecule has 0 heterocycles. The summed E-state index contributed by atoms with van der Waals surface area (Å²) in [6.45, 7) is 3.29. The van der Waals surface area contributed by atoms with Crippen LogP contribution in [0.1, 0.15) is 30.6 Å². The molecule has 0 saturated heterocycles. The van der Waals surface area contributed by atoms with E-state index in [0.717, 1.165) is 4.90 Å². The second-order valence-electron chi connectivity index (χ2n) is 5.23. The molecular weight excluding hydrogens is 330 g/mol. The summed E-state index contributed by atoms with van der Waals surface area (Å²) in [5.74, 6) is -1.72. The number of carbonyl (C=O) groups is 3. The molecule has 1 rings (SSSR count). The van der Waals surface area contributed by atoms with Crippen molar-refractivity contribution in [1.29, 1.82) is 0 Å². The van der Waals surface area contributed by atoms with Gasteiger partial charge in [-0.3, -0.25) is 4.79 Å². The Hall–Kier alpha value is -2.02. The Morgan fingerprint density at radius 2 is 1.92 bits per heavy atom. The van der Waals surface area contributed by atoms with Crippen molar-refractivity contribution in [3.8, 4) is 0 Å². The Bertz CT molecular complexity index is 590. The number of hydrogen-bond acceptors (Lipinski definition) is 6. The maximum atomic E-state index is 12.1. The molecule has 6 nitrogen and oxygen atoms in total. The van der Waals surface area contributed by atoms with Crippen LogP contribution in [0, 0.1) is 5.92 Å². The van der Waals surface area contributed by atoms with Crippen molar-refractivity contribution < 1.29 is 23.9 Å². The van der Waals surface area contributed by atoms with E-state index in [-0.39, 0.29) is 5.92 Å². The molecule has 1 aromatic rings. The fourth-order valence-electron chi connectivity index (χ4n) is 2.03. The zero-order chi connectivity index (χ0) is 18.1. The van der Waals surface area contributed by atoms with Crippen LogP contribution in [0.4, 0.5) is 0 Å². The third-order valence-electron chi connectivity index (χ3n) is 3.65. The first-order valence-corrected chi connectivity index (χ1v) is 8.84. The highest BCUT2D eigenvalue weighted by molar-refractivity contribution is 7.98. The van der Waals surface area contributed by atoms with Crippen molar-refractivity contribution >= 4 is 29.6 Å². The minimum Gasteiger partial charge on any atom is -0.467 e. The normalized spacial score (nSPS) is 12.8. The van der Waals surface area contributed by atoms with Crippen LogP contribution in [0.3, 0.4) is 0 Å². The predicted molar refractivity (Wildman–Crippen MR) is 91.9 cm³/mol. The predicted octanol–water partition coefficient (Wildman–Crippen LogP) is 2.27. The van der Waals surface area contributed by atoms with Crippen LogP contribution in [0.25, 0.3) is 0 Å². The van der Waals surface area contributed by atoms with E-state index in [2.05, 4.69) is 5.32 Å². The summed E-state index contributed by atoms with van der Waals surface area (Å²) in [6.07, 6.45) is 2.55. The number of thioether (sulfide) groups is 1. The van der Waals surface area contributed by atoms with Gasteiger partial charge in [0.05, 0.1) is 12.7 Å². The summed E-state index contributed by atoms with van der Waals surface area (Å²) in [4.78, 5) is 36.6. The van der Waals surface area contributed by atoms with E-state index in [1.165, 1.54) is 18.9 Å². The van der Waals surface area contributed by atoms with Crippen LogP contribution < -0.4 is 5.32 Å². The standard InChI is InChI=1S/C17H23NO5S/c1-5-11(2)15(17(21)22-3)18-14(19)10-23-16(20)12-8-6-7-9-13(12)24-4/h6-9,11,15H,5,10H2,1-4H3,(H,18,19)/t11-,15+/m1/s1. The van der Waals surface area contributed by atoms with E-state index in [1.807, 2.05) is 26.2 Å². The molecule has 2 atom stereocenters. The van der Waals surface area contributed by atoms with Gasteiger partial charge in [0.15, 0.2) is 6.61 Å². The Morgan fingerprint density at radius 1 is 1.25 bits per heavy atom. The molecule has 0 aliphatic carbocycles. The first-order valence-electron chi connectivity index (χ1n) is 7.61. The zero-order valence-electron chi connectivity index (χ0n) is 14.3. The number of carbonyl (C=O) groups excluding carboxylic acids is 3. The van der Waals surface area contributed by atoms with Gasteiger partial charge in [-0.1, -0.05) is 32.4 Å². The van der Waals surface area contributed by atoms with Crippen LogP contribution in [-0.4, -0.2) is 43.9 Å². The summed E-state index contributed by atoms with van der Waals surface area (Å²) in [7, 11) is 1.27. The van der Waals surface area contributed by atoms with Gasteiger partial charge in [0.1, 0.15) is 6.04 Å². The topological polar surface area (TPSA) is 81.7 Å². The molecule has 0 spiro atoms. The Balaban J connectivity index is 2.64. The lowest BCUT2D eigenvalue weighted by Gasteiger charge is -2.21. The monoisotopic (exact) mass is 353 g/mol. The Labute approximate surface area is 146 Å². The van der Waals surface area contributed by atoms with E-state index in [4.69, 9.17) is 9.47 Å². The summed E-state index contributed by atoms with van der Waals surface area (Å²) < 4.78 is 9.74. The Morgan fingerprint density at radius 3 is 2.50 bits per heavy atom. The molecule has 0 unspecified atom stereocenters. The number of amides is 1. The van der Waals surface area contributed by atoms with Gasteiger partial charge < -0.3 is 14.8 Å². The maximum absolute atomic E-state index is 12.1. The average Bonchev–Trinajstić information content (AvgIpc) is 2.62. The third-order valence-corrected chi connectivity index (χ3v) is 4.44. The molecule has 7 heteroatoms. The molecule has 0 aliphatic heterocycles. The van der Waals surface area contributed by atoms with Crippen molar-refractivity contribution in [1.82, 2.24) is 5.32 Å². The number of benzene rings is 1. The first-order chi connectivity index (χ1) is 11.4. The lowest BCUT2D eigenvalue weighted by Crippen LogP contribution is -2.47. The number of rotatable bonds is 8. The lowest BCUT2D eigenvalue weighted by atomic mass is 9.99. The van der Waals surface area contributed by atoms with Crippen LogP contribution in [0.15, 0.2) is 29.2 Å². The minimum absolute atomic E-state index is 0.0886. The number of ether oxygens (including phenoxy) is 2. The minimum atomic E-state index is -0.760. The van der Waals surface area contributed by atoms with Gasteiger partial charge in [0.25, 0.3) is 5.91 Å². The van der Waals surface area contributed by atoms with E-state index in [9.17, 15) is 14.4 Å². The molecule has 0 radical (unpaired) electrons. The summed E-state index contributed by atoms with van der Waals surface area (Å²) in [5.41, 5.74) is 0.407. The number of methoxy groups -OCH3 is 1. The quantitative estimate of drug-likeness (QED) is 0.570. The average molecular weight is 353 g/mol. The zero-order valence-corrected chi connectivity index (χ0v) is 15.1. The fraction of sp³-hybridized carbons (Fsp3) is 0.471. The van der Waals surface area contributed by atoms with Gasteiger partial charge in [-0.25, -0.2) is 9.59 Å². The van der Waals surface area contributed by atoms with Gasteiger partial charge in [0.2, 0.25) is 0 Å². The van der Waals surface area contributed by atoms with Crippen molar-refractivity contribution in [2.45, 2.75) is 31.2 Å². The van der Waals surface area contributed by atoms with E-state index >= 15 is 0 Å². The SMILES string of the molecule is CC[C@@H](C)[C@H](NC(=O)COC(=O)c1ccccc1SC)C(=O)OC. The van der Waals surface area contributed by atoms with E-state index in [0.29, 0.717) is 12.0 Å². The molecule has 0 aromatic heterocycles. The van der Waals surface area contributed by atoms with Crippen molar-refractivity contribution in [3.63, 3.8) is 0 Å². The number of esters is 2. The van der Waals surface area contributed by atoms with Crippen molar-refractivity contribution in [2.75, 3.05) is 20.0 Å². The molecule has 0 bridgehead atoms. The van der Waals surface area contributed by atoms with Gasteiger partial charge in [0, 0.05) is 4.90 Å². The molecule has 24 heavy (non-hydrogen) atoms. The first kappa shape index (κ1) is 20.0. The van der Waals surface area contributed by atoms with Crippen LogP contribution in [0.2, 0.25) is 0 Å². The van der Waals surface area contributed by atoms with Gasteiger partial charge in [-0.2, -0.15) is 0 Å². The van der Waals surface area contributed by atoms with E-state index in [1.54, 1.807) is 18.2 Å². The van der Waals surface area contributed by atoms with E-state index < -0.39 is 30.5 Å². The molecular formula is C17H23NO5S. The smallest absolute Gasteiger partial charge is 0.339 e. The molecule has 1 amide bonds. The van der Waals surface area contributed by atoms with Crippen molar-refractivity contribution in [3.05, 3.63) is 29.8 Å². The Kier molecular flexibility index (Phi) is 8.32. The summed E-state index contributed by atoms with van der Waals surface area (Å²) in [5, 5.41) is 2.56. The second-order valence-corrected chi connectivity index (χ2v) is 6.08. The lowest BCUT2D eigenvalue weighted by molar-refractivity contribution is -0.147.